The summed E-state index contributed by atoms with van der Waals surface area (Å²) in [7, 11) is 0. The van der Waals surface area contributed by atoms with Gasteiger partial charge in [0.15, 0.2) is 10.1 Å². The Morgan fingerprint density at radius 3 is 2.48 bits per heavy atom. The second-order valence-electron chi connectivity index (χ2n) is 5.07. The molecule has 1 amide bonds. The number of benzene rings is 1. The van der Waals surface area contributed by atoms with Crippen LogP contribution < -0.4 is 4.90 Å². The maximum absolute atomic E-state index is 12.6. The Bertz CT molecular complexity index is 834. The predicted octanol–water partition coefficient (Wildman–Crippen LogP) is 4.20. The third-order valence-corrected chi connectivity index (χ3v) is 4.66. The molecule has 0 N–H and O–H groups in total. The van der Waals surface area contributed by atoms with E-state index in [-0.39, 0.29) is 11.7 Å². The first-order valence-electron chi connectivity index (χ1n) is 6.91. The zero-order valence-corrected chi connectivity index (χ0v) is 14.2. The molecule has 1 aromatic carbocycles. The smallest absolute Gasteiger partial charge is 0.270 e. The summed E-state index contributed by atoms with van der Waals surface area (Å²) in [6.07, 6.45) is 1.69. The topological polar surface area (TPSA) is 50.5 Å². The number of ketones is 1. The minimum Gasteiger partial charge on any atom is -0.462 e. The second-order valence-corrected chi connectivity index (χ2v) is 6.74. The average Bonchev–Trinajstić information content (AvgIpc) is 3.03. The third kappa shape index (κ3) is 3.13. The number of rotatable bonds is 3. The Balaban J connectivity index is 1.89. The molecule has 0 radical (unpaired) electrons. The number of thiocarbonyl (C=S) groups is 1. The van der Waals surface area contributed by atoms with Crippen molar-refractivity contribution in [1.82, 2.24) is 0 Å². The summed E-state index contributed by atoms with van der Waals surface area (Å²) >= 11 is 6.55. The van der Waals surface area contributed by atoms with Crippen molar-refractivity contribution in [3.63, 3.8) is 0 Å². The van der Waals surface area contributed by atoms with E-state index in [2.05, 4.69) is 0 Å². The normalized spacial score (nSPS) is 16.4. The van der Waals surface area contributed by atoms with Crippen molar-refractivity contribution in [2.75, 3.05) is 4.90 Å². The summed E-state index contributed by atoms with van der Waals surface area (Å²) in [5.74, 6) is 1.20. The molecule has 0 atom stereocenters. The van der Waals surface area contributed by atoms with E-state index in [1.54, 1.807) is 30.3 Å². The molecule has 2 aromatic rings. The van der Waals surface area contributed by atoms with Crippen LogP contribution in [0.3, 0.4) is 0 Å². The van der Waals surface area contributed by atoms with Gasteiger partial charge in [0.2, 0.25) is 0 Å². The number of Topliss-reactive ketones (excluding diaryl/α,β-unsaturated/α-hetero) is 1. The van der Waals surface area contributed by atoms with E-state index in [1.807, 2.05) is 19.1 Å². The molecule has 0 aliphatic carbocycles. The highest BCUT2D eigenvalue weighted by atomic mass is 32.2. The Hall–Kier alpha value is -2.18. The van der Waals surface area contributed by atoms with E-state index in [1.165, 1.54) is 23.6 Å². The number of hydrogen-bond acceptors (Lipinski definition) is 5. The number of anilines is 1. The van der Waals surface area contributed by atoms with Crippen LogP contribution in [0.5, 0.6) is 0 Å². The molecule has 3 rings (SSSR count). The highest BCUT2D eigenvalue weighted by Gasteiger charge is 2.33. The molecule has 23 heavy (non-hydrogen) atoms. The van der Waals surface area contributed by atoms with Gasteiger partial charge in [-0.25, -0.2) is 0 Å². The fraction of sp³-hybridized carbons (Fsp3) is 0.118. The lowest BCUT2D eigenvalue weighted by atomic mass is 10.1. The predicted molar refractivity (Wildman–Crippen MR) is 95.5 cm³/mol. The quantitative estimate of drug-likeness (QED) is 0.475. The van der Waals surface area contributed by atoms with Gasteiger partial charge in [0.1, 0.15) is 11.5 Å². The summed E-state index contributed by atoms with van der Waals surface area (Å²) in [5.41, 5.74) is 1.25. The zero-order valence-electron chi connectivity index (χ0n) is 12.5. The maximum atomic E-state index is 12.6. The van der Waals surface area contributed by atoms with E-state index in [0.29, 0.717) is 26.2 Å². The lowest BCUT2D eigenvalue weighted by molar-refractivity contribution is -0.113. The number of hydrogen-bond donors (Lipinski definition) is 0. The monoisotopic (exact) mass is 343 g/mol. The number of thioether (sulfide) groups is 1. The number of carbonyl (C=O) groups excluding carboxylic acids is 2. The standard InChI is InChI=1S/C17H13NO3S2/c1-10-3-8-14(21-10)9-15-16(20)18(17(22)23-15)13-6-4-12(5-7-13)11(2)19/h3-9H,1-2H3. The van der Waals surface area contributed by atoms with E-state index in [9.17, 15) is 9.59 Å². The van der Waals surface area contributed by atoms with Gasteiger partial charge in [-0.3, -0.25) is 14.5 Å². The van der Waals surface area contributed by atoms with Gasteiger partial charge in [0.05, 0.1) is 10.6 Å². The fourth-order valence-electron chi connectivity index (χ4n) is 2.20. The molecule has 1 aromatic heterocycles. The van der Waals surface area contributed by atoms with Crippen LogP contribution >= 0.6 is 24.0 Å². The van der Waals surface area contributed by atoms with Crippen molar-refractivity contribution < 1.29 is 14.0 Å². The second kappa shape index (κ2) is 6.14. The maximum Gasteiger partial charge on any atom is 0.270 e. The highest BCUT2D eigenvalue weighted by Crippen LogP contribution is 2.36. The van der Waals surface area contributed by atoms with Crippen molar-refractivity contribution in [2.45, 2.75) is 13.8 Å². The molecule has 0 bridgehead atoms. The Morgan fingerprint density at radius 2 is 1.91 bits per heavy atom. The molecule has 1 saturated heterocycles. The molecule has 1 fully saturated rings. The molecule has 0 spiro atoms. The number of nitrogens with zero attached hydrogens (tertiary/aromatic N) is 1. The molecular weight excluding hydrogens is 330 g/mol. The summed E-state index contributed by atoms with van der Waals surface area (Å²) in [5, 5.41) is 0. The lowest BCUT2D eigenvalue weighted by Gasteiger charge is -2.14. The van der Waals surface area contributed by atoms with Crippen molar-refractivity contribution in [3.8, 4) is 0 Å². The van der Waals surface area contributed by atoms with E-state index < -0.39 is 0 Å². The molecule has 2 heterocycles. The Morgan fingerprint density at radius 1 is 1.22 bits per heavy atom. The molecule has 1 aliphatic rings. The first kappa shape index (κ1) is 15.7. The van der Waals surface area contributed by atoms with E-state index >= 15 is 0 Å². The summed E-state index contributed by atoms with van der Waals surface area (Å²) in [6, 6.07) is 10.5. The highest BCUT2D eigenvalue weighted by molar-refractivity contribution is 8.27. The molecular formula is C17H13NO3S2. The van der Waals surface area contributed by atoms with Crippen LogP contribution in [0, 0.1) is 6.92 Å². The van der Waals surface area contributed by atoms with E-state index in [0.717, 1.165) is 5.76 Å². The molecule has 0 saturated carbocycles. The molecule has 116 valence electrons. The van der Waals surface area contributed by atoms with Gasteiger partial charge in [-0.2, -0.15) is 0 Å². The van der Waals surface area contributed by atoms with Gasteiger partial charge in [-0.05, 0) is 50.2 Å². The van der Waals surface area contributed by atoms with Crippen molar-refractivity contribution in [3.05, 3.63) is 58.4 Å². The number of furan rings is 1. The molecule has 6 heteroatoms. The lowest BCUT2D eigenvalue weighted by Crippen LogP contribution is -2.27. The number of amides is 1. The van der Waals surface area contributed by atoms with Crippen LogP contribution in [0.15, 0.2) is 45.7 Å². The molecule has 1 aliphatic heterocycles. The van der Waals surface area contributed by atoms with Crippen molar-refractivity contribution in [1.29, 1.82) is 0 Å². The Labute approximate surface area is 143 Å². The third-order valence-electron chi connectivity index (χ3n) is 3.36. The average molecular weight is 343 g/mol. The first-order valence-corrected chi connectivity index (χ1v) is 8.13. The van der Waals surface area contributed by atoms with Gasteiger partial charge in [0, 0.05) is 11.6 Å². The zero-order chi connectivity index (χ0) is 16.6. The van der Waals surface area contributed by atoms with Crippen molar-refractivity contribution in [2.24, 2.45) is 0 Å². The van der Waals surface area contributed by atoms with Crippen LogP contribution in [0.25, 0.3) is 6.08 Å². The summed E-state index contributed by atoms with van der Waals surface area (Å²) in [6.45, 7) is 3.35. The minimum atomic E-state index is -0.190. The largest absolute Gasteiger partial charge is 0.462 e. The summed E-state index contributed by atoms with van der Waals surface area (Å²) in [4.78, 5) is 25.9. The Kier molecular flexibility index (Phi) is 4.19. The number of aryl methyl sites for hydroxylation is 1. The van der Waals surface area contributed by atoms with Crippen LogP contribution in [0.4, 0.5) is 5.69 Å². The molecule has 0 unspecified atom stereocenters. The SMILES string of the molecule is CC(=O)c1ccc(N2C(=O)C(=Cc3ccc(C)o3)SC2=S)cc1. The summed E-state index contributed by atoms with van der Waals surface area (Å²) < 4.78 is 5.93. The van der Waals surface area contributed by atoms with Gasteiger partial charge >= 0.3 is 0 Å². The fourth-order valence-corrected chi connectivity index (χ4v) is 3.47. The van der Waals surface area contributed by atoms with Crippen LogP contribution in [0.2, 0.25) is 0 Å². The number of carbonyl (C=O) groups is 2. The first-order chi connectivity index (χ1) is 11.0. The van der Waals surface area contributed by atoms with Crippen LogP contribution in [-0.2, 0) is 4.79 Å². The van der Waals surface area contributed by atoms with Gasteiger partial charge in [0.25, 0.3) is 5.91 Å². The van der Waals surface area contributed by atoms with Crippen molar-refractivity contribution >= 4 is 51.8 Å². The molecule has 4 nitrogen and oxygen atoms in total. The van der Waals surface area contributed by atoms with Crippen LogP contribution in [0.1, 0.15) is 28.8 Å². The van der Waals surface area contributed by atoms with Gasteiger partial charge in [-0.1, -0.05) is 24.0 Å². The minimum absolute atomic E-state index is 0.0185. The van der Waals surface area contributed by atoms with Gasteiger partial charge < -0.3 is 4.42 Å². The van der Waals surface area contributed by atoms with E-state index in [4.69, 9.17) is 16.6 Å². The van der Waals surface area contributed by atoms with Crippen LogP contribution in [-0.4, -0.2) is 16.0 Å². The van der Waals surface area contributed by atoms with Gasteiger partial charge in [-0.15, -0.1) is 0 Å².